The van der Waals surface area contributed by atoms with Gasteiger partial charge in [-0.25, -0.2) is 4.98 Å². The summed E-state index contributed by atoms with van der Waals surface area (Å²) < 4.78 is 2.29. The summed E-state index contributed by atoms with van der Waals surface area (Å²) in [7, 11) is 0. The van der Waals surface area contributed by atoms with E-state index in [2.05, 4.69) is 46.8 Å². The van der Waals surface area contributed by atoms with Crippen LogP contribution in [0, 0.1) is 6.92 Å². The van der Waals surface area contributed by atoms with Gasteiger partial charge in [-0.2, -0.15) is 0 Å². The number of aromatic nitrogens is 3. The molecule has 3 rings (SSSR count). The van der Waals surface area contributed by atoms with E-state index >= 15 is 0 Å². The molecular weight excluding hydrogens is 282 g/mol. The normalized spacial score (nSPS) is 11.1. The zero-order chi connectivity index (χ0) is 14.7. The molecule has 0 atom stereocenters. The molecule has 0 unspecified atom stereocenters. The highest BCUT2D eigenvalue weighted by atomic mass is 35.5. The molecule has 1 aromatic carbocycles. The van der Waals surface area contributed by atoms with Gasteiger partial charge in [-0.15, -0.1) is 11.6 Å². The molecular formula is C17H18ClN3. The number of imidazole rings is 1. The Bertz CT molecular complexity index is 734. The molecule has 0 aliphatic carbocycles. The van der Waals surface area contributed by atoms with Gasteiger partial charge in [0.1, 0.15) is 5.82 Å². The fourth-order valence-corrected chi connectivity index (χ4v) is 2.77. The Morgan fingerprint density at radius 1 is 1.10 bits per heavy atom. The van der Waals surface area contributed by atoms with Crippen molar-refractivity contribution < 1.29 is 0 Å². The second-order valence-corrected chi connectivity index (χ2v) is 5.59. The van der Waals surface area contributed by atoms with Gasteiger partial charge in [0.15, 0.2) is 0 Å². The number of pyridine rings is 1. The Morgan fingerprint density at radius 2 is 1.90 bits per heavy atom. The molecule has 0 aliphatic rings. The third-order valence-corrected chi connectivity index (χ3v) is 3.86. The van der Waals surface area contributed by atoms with Gasteiger partial charge in [0.2, 0.25) is 0 Å². The first-order valence-electron chi connectivity index (χ1n) is 7.18. The first-order valence-corrected chi connectivity index (χ1v) is 7.72. The molecule has 0 bridgehead atoms. The van der Waals surface area contributed by atoms with Crippen LogP contribution in [0.3, 0.4) is 0 Å². The highest BCUT2D eigenvalue weighted by Gasteiger charge is 2.10. The van der Waals surface area contributed by atoms with Crippen LogP contribution in [0.4, 0.5) is 0 Å². The summed E-state index contributed by atoms with van der Waals surface area (Å²) in [6.07, 6.45) is 5.44. The summed E-state index contributed by atoms with van der Waals surface area (Å²) in [5.74, 6) is 1.66. The van der Waals surface area contributed by atoms with Crippen LogP contribution in [0.25, 0.3) is 11.0 Å². The predicted octanol–water partition coefficient (Wildman–Crippen LogP) is 3.76. The van der Waals surface area contributed by atoms with E-state index < -0.39 is 0 Å². The van der Waals surface area contributed by atoms with Crippen molar-refractivity contribution in [1.82, 2.24) is 14.5 Å². The van der Waals surface area contributed by atoms with Crippen LogP contribution in [0.5, 0.6) is 0 Å². The first kappa shape index (κ1) is 14.1. The average Bonchev–Trinajstić information content (AvgIpc) is 2.83. The highest BCUT2D eigenvalue weighted by Crippen LogP contribution is 2.19. The molecule has 0 aliphatic heterocycles. The molecule has 0 N–H and O–H groups in total. The topological polar surface area (TPSA) is 30.7 Å². The van der Waals surface area contributed by atoms with Gasteiger partial charge in [0.25, 0.3) is 0 Å². The monoisotopic (exact) mass is 299 g/mol. The number of alkyl halides is 1. The van der Waals surface area contributed by atoms with E-state index in [-0.39, 0.29) is 0 Å². The highest BCUT2D eigenvalue weighted by molar-refractivity contribution is 6.17. The summed E-state index contributed by atoms with van der Waals surface area (Å²) in [5.41, 5.74) is 4.77. The van der Waals surface area contributed by atoms with Gasteiger partial charge >= 0.3 is 0 Å². The van der Waals surface area contributed by atoms with Gasteiger partial charge in [-0.05, 0) is 48.7 Å². The molecule has 0 fully saturated rings. The summed E-state index contributed by atoms with van der Waals surface area (Å²) >= 11 is 5.92. The van der Waals surface area contributed by atoms with Crippen molar-refractivity contribution in [1.29, 1.82) is 0 Å². The molecule has 2 heterocycles. The Labute approximate surface area is 129 Å². The van der Waals surface area contributed by atoms with Crippen molar-refractivity contribution in [3.05, 3.63) is 59.7 Å². The lowest BCUT2D eigenvalue weighted by molar-refractivity contribution is 0.674. The summed E-state index contributed by atoms with van der Waals surface area (Å²) in [4.78, 5) is 8.80. The van der Waals surface area contributed by atoms with Crippen LogP contribution < -0.4 is 0 Å². The van der Waals surface area contributed by atoms with Gasteiger partial charge in [0.05, 0.1) is 11.0 Å². The largest absolute Gasteiger partial charge is 0.328 e. The van der Waals surface area contributed by atoms with Crippen molar-refractivity contribution in [3.63, 3.8) is 0 Å². The molecule has 0 radical (unpaired) electrons. The molecule has 2 aromatic heterocycles. The second kappa shape index (κ2) is 6.27. The summed E-state index contributed by atoms with van der Waals surface area (Å²) in [6, 6.07) is 10.5. The fourth-order valence-electron chi connectivity index (χ4n) is 2.60. The Kier molecular flexibility index (Phi) is 4.20. The third kappa shape index (κ3) is 3.08. The van der Waals surface area contributed by atoms with Gasteiger partial charge < -0.3 is 4.57 Å². The number of nitrogens with zero attached hydrogens (tertiary/aromatic N) is 3. The minimum absolute atomic E-state index is 0.595. The molecule has 108 valence electrons. The van der Waals surface area contributed by atoms with Crippen LogP contribution in [0.1, 0.15) is 17.0 Å². The van der Waals surface area contributed by atoms with E-state index in [1.54, 1.807) is 0 Å². The summed E-state index contributed by atoms with van der Waals surface area (Å²) in [5, 5.41) is 0. The summed E-state index contributed by atoms with van der Waals surface area (Å²) in [6.45, 7) is 3.01. The van der Waals surface area contributed by atoms with Crippen molar-refractivity contribution in [2.45, 2.75) is 26.3 Å². The van der Waals surface area contributed by atoms with Crippen LogP contribution in [0.15, 0.2) is 42.7 Å². The van der Waals surface area contributed by atoms with E-state index in [4.69, 9.17) is 16.6 Å². The van der Waals surface area contributed by atoms with Gasteiger partial charge in [-0.1, -0.05) is 6.07 Å². The third-order valence-electron chi connectivity index (χ3n) is 3.67. The molecule has 0 amide bonds. The Balaban J connectivity index is 1.93. The van der Waals surface area contributed by atoms with E-state index in [1.807, 2.05) is 12.4 Å². The SMILES string of the molecule is Cc1ccc2c(c1)nc(CCCl)n2CCc1ccncc1. The number of benzene rings is 1. The molecule has 21 heavy (non-hydrogen) atoms. The number of fused-ring (bicyclic) bond motifs is 1. The Morgan fingerprint density at radius 3 is 2.67 bits per heavy atom. The molecule has 4 heteroatoms. The predicted molar refractivity (Wildman–Crippen MR) is 86.8 cm³/mol. The van der Waals surface area contributed by atoms with Crippen molar-refractivity contribution in [3.8, 4) is 0 Å². The van der Waals surface area contributed by atoms with Crippen molar-refractivity contribution in [2.75, 3.05) is 5.88 Å². The zero-order valence-corrected chi connectivity index (χ0v) is 12.8. The number of hydrogen-bond donors (Lipinski definition) is 0. The molecule has 3 nitrogen and oxygen atoms in total. The van der Waals surface area contributed by atoms with Crippen LogP contribution in [-0.4, -0.2) is 20.4 Å². The lowest BCUT2D eigenvalue weighted by atomic mass is 10.2. The average molecular weight is 300 g/mol. The molecule has 3 aromatic rings. The maximum Gasteiger partial charge on any atom is 0.111 e. The lowest BCUT2D eigenvalue weighted by Crippen LogP contribution is -2.07. The fraction of sp³-hybridized carbons (Fsp3) is 0.294. The van der Waals surface area contributed by atoms with Crippen LogP contribution in [-0.2, 0) is 19.4 Å². The minimum atomic E-state index is 0.595. The van der Waals surface area contributed by atoms with E-state index in [1.165, 1.54) is 16.6 Å². The maximum absolute atomic E-state index is 5.92. The van der Waals surface area contributed by atoms with E-state index in [0.29, 0.717) is 5.88 Å². The van der Waals surface area contributed by atoms with E-state index in [0.717, 1.165) is 30.7 Å². The minimum Gasteiger partial charge on any atom is -0.328 e. The smallest absolute Gasteiger partial charge is 0.111 e. The number of rotatable bonds is 5. The van der Waals surface area contributed by atoms with Crippen LogP contribution >= 0.6 is 11.6 Å². The Hall–Kier alpha value is -1.87. The van der Waals surface area contributed by atoms with E-state index in [9.17, 15) is 0 Å². The number of halogens is 1. The first-order chi connectivity index (χ1) is 10.3. The maximum atomic E-state index is 5.92. The number of hydrogen-bond acceptors (Lipinski definition) is 2. The van der Waals surface area contributed by atoms with Crippen molar-refractivity contribution in [2.24, 2.45) is 0 Å². The molecule has 0 saturated carbocycles. The standard InChI is InChI=1S/C17H18ClN3/c1-13-2-3-16-15(12-13)20-17(4-8-18)21(16)11-7-14-5-9-19-10-6-14/h2-3,5-6,9-10,12H,4,7-8,11H2,1H3. The quantitative estimate of drug-likeness (QED) is 0.672. The van der Waals surface area contributed by atoms with Gasteiger partial charge in [-0.3, -0.25) is 4.98 Å². The van der Waals surface area contributed by atoms with Crippen LogP contribution in [0.2, 0.25) is 0 Å². The number of aryl methyl sites for hydroxylation is 4. The second-order valence-electron chi connectivity index (χ2n) is 5.22. The molecule has 0 saturated heterocycles. The van der Waals surface area contributed by atoms with Gasteiger partial charge in [0, 0.05) is 31.2 Å². The van der Waals surface area contributed by atoms with Crippen molar-refractivity contribution >= 4 is 22.6 Å². The molecule has 0 spiro atoms. The zero-order valence-electron chi connectivity index (χ0n) is 12.1. The lowest BCUT2D eigenvalue weighted by Gasteiger charge is -2.08.